The van der Waals surface area contributed by atoms with Crippen molar-refractivity contribution in [2.45, 2.75) is 6.92 Å². The lowest BCUT2D eigenvalue weighted by Gasteiger charge is -1.97. The van der Waals surface area contributed by atoms with Crippen LogP contribution >= 0.6 is 0 Å². The van der Waals surface area contributed by atoms with Crippen molar-refractivity contribution in [3.05, 3.63) is 11.8 Å². The van der Waals surface area contributed by atoms with Gasteiger partial charge >= 0.3 is 5.97 Å². The number of amides is 1. The second kappa shape index (κ2) is 3.04. The zero-order valence-electron chi connectivity index (χ0n) is 6.29. The van der Waals surface area contributed by atoms with Gasteiger partial charge in [0, 0.05) is 6.92 Å². The molecule has 0 radical (unpaired) electrons. The van der Waals surface area contributed by atoms with E-state index in [9.17, 15) is 9.59 Å². The number of nitrogens with one attached hydrogen (secondary N) is 2. The third-order valence-corrected chi connectivity index (χ3v) is 1.17. The molecule has 0 aromatic carbocycles. The predicted molar refractivity (Wildman–Crippen MR) is 39.9 cm³/mol. The second-order valence-electron chi connectivity index (χ2n) is 2.15. The van der Waals surface area contributed by atoms with E-state index < -0.39 is 5.97 Å². The summed E-state index contributed by atoms with van der Waals surface area (Å²) in [5.74, 6) is -1.37. The van der Waals surface area contributed by atoms with Crippen molar-refractivity contribution < 1.29 is 14.7 Å². The van der Waals surface area contributed by atoms with Crippen LogP contribution in [0.2, 0.25) is 0 Å². The Morgan fingerprint density at radius 2 is 2.33 bits per heavy atom. The molecule has 1 amide bonds. The summed E-state index contributed by atoms with van der Waals surface area (Å²) < 4.78 is 0. The minimum atomic E-state index is -1.13. The molecular formula is C6H7N3O3. The van der Waals surface area contributed by atoms with Gasteiger partial charge in [-0.05, 0) is 0 Å². The molecule has 0 aliphatic rings. The van der Waals surface area contributed by atoms with Crippen molar-refractivity contribution in [1.82, 2.24) is 10.2 Å². The first kappa shape index (κ1) is 8.25. The third-order valence-electron chi connectivity index (χ3n) is 1.17. The molecular weight excluding hydrogens is 162 g/mol. The molecule has 0 bridgehead atoms. The number of rotatable bonds is 2. The molecule has 0 unspecified atom stereocenters. The summed E-state index contributed by atoms with van der Waals surface area (Å²) in [4.78, 5) is 21.0. The number of carboxylic acids is 1. The number of carboxylic acid groups (broad SMARTS) is 1. The molecule has 3 N–H and O–H groups in total. The number of carbonyl (C=O) groups excluding carboxylic acids is 1. The quantitative estimate of drug-likeness (QED) is 0.583. The van der Waals surface area contributed by atoms with Crippen LogP contribution in [-0.4, -0.2) is 27.2 Å². The van der Waals surface area contributed by atoms with Gasteiger partial charge in [0.1, 0.15) is 11.4 Å². The fourth-order valence-corrected chi connectivity index (χ4v) is 0.720. The van der Waals surface area contributed by atoms with Gasteiger partial charge in [-0.15, -0.1) is 0 Å². The van der Waals surface area contributed by atoms with E-state index in [2.05, 4.69) is 15.5 Å². The fraction of sp³-hybridized carbons (Fsp3) is 0.167. The highest BCUT2D eigenvalue weighted by Gasteiger charge is 2.12. The number of aromatic carboxylic acids is 1. The van der Waals surface area contributed by atoms with Gasteiger partial charge in [-0.2, -0.15) is 5.10 Å². The second-order valence-corrected chi connectivity index (χ2v) is 2.15. The van der Waals surface area contributed by atoms with Crippen LogP contribution in [-0.2, 0) is 4.79 Å². The first-order valence-corrected chi connectivity index (χ1v) is 3.15. The molecule has 12 heavy (non-hydrogen) atoms. The van der Waals surface area contributed by atoms with Gasteiger partial charge in [0.2, 0.25) is 5.91 Å². The highest BCUT2D eigenvalue weighted by molar-refractivity contribution is 5.98. The Kier molecular flexibility index (Phi) is 2.09. The van der Waals surface area contributed by atoms with Gasteiger partial charge in [0.25, 0.3) is 0 Å². The van der Waals surface area contributed by atoms with E-state index in [1.807, 2.05) is 0 Å². The summed E-state index contributed by atoms with van der Waals surface area (Å²) in [6, 6.07) is 0. The number of hydrogen-bond donors (Lipinski definition) is 3. The number of nitrogens with zero attached hydrogens (tertiary/aromatic N) is 1. The molecule has 64 valence electrons. The molecule has 1 rings (SSSR count). The molecule has 1 aromatic rings. The molecule has 0 atom stereocenters. The molecule has 0 saturated heterocycles. The molecule has 6 heteroatoms. The monoisotopic (exact) mass is 169 g/mol. The van der Waals surface area contributed by atoms with Crippen LogP contribution in [0.4, 0.5) is 5.82 Å². The van der Waals surface area contributed by atoms with Crippen molar-refractivity contribution in [2.24, 2.45) is 0 Å². The zero-order chi connectivity index (χ0) is 9.14. The summed E-state index contributed by atoms with van der Waals surface area (Å²) in [6.45, 7) is 1.28. The van der Waals surface area contributed by atoms with Crippen LogP contribution in [0.1, 0.15) is 17.3 Å². The summed E-state index contributed by atoms with van der Waals surface area (Å²) in [6.07, 6.45) is 1.13. The average Bonchev–Trinajstić information content (AvgIpc) is 2.33. The van der Waals surface area contributed by atoms with E-state index in [0.717, 1.165) is 6.20 Å². The lowest BCUT2D eigenvalue weighted by atomic mass is 10.3. The molecule has 0 aliphatic heterocycles. The molecule has 0 aliphatic carbocycles. The lowest BCUT2D eigenvalue weighted by Crippen LogP contribution is -2.09. The zero-order valence-corrected chi connectivity index (χ0v) is 6.29. The number of carbonyl (C=O) groups is 2. The first-order chi connectivity index (χ1) is 5.61. The van der Waals surface area contributed by atoms with Crippen molar-refractivity contribution in [2.75, 3.05) is 5.32 Å². The summed E-state index contributed by atoms with van der Waals surface area (Å²) in [5.41, 5.74) is -0.0507. The Bertz CT molecular complexity index is 318. The van der Waals surface area contributed by atoms with E-state index in [0.29, 0.717) is 0 Å². The topological polar surface area (TPSA) is 95.1 Å². The Labute approximate surface area is 67.6 Å². The Morgan fingerprint density at radius 3 is 2.83 bits per heavy atom. The smallest absolute Gasteiger partial charge is 0.341 e. The van der Waals surface area contributed by atoms with Crippen LogP contribution in [0.5, 0.6) is 0 Å². The van der Waals surface area contributed by atoms with E-state index in [1.165, 1.54) is 6.92 Å². The Hall–Kier alpha value is -1.85. The van der Waals surface area contributed by atoms with E-state index in [-0.39, 0.29) is 17.3 Å². The maximum absolute atomic E-state index is 10.5. The van der Waals surface area contributed by atoms with E-state index in [1.54, 1.807) is 0 Å². The normalized spacial score (nSPS) is 9.42. The van der Waals surface area contributed by atoms with Crippen LogP contribution < -0.4 is 5.32 Å². The predicted octanol–water partition coefficient (Wildman–Crippen LogP) is 0.0663. The van der Waals surface area contributed by atoms with Gasteiger partial charge in [-0.3, -0.25) is 9.89 Å². The van der Waals surface area contributed by atoms with Gasteiger partial charge in [-0.25, -0.2) is 4.79 Å². The van der Waals surface area contributed by atoms with E-state index >= 15 is 0 Å². The maximum atomic E-state index is 10.5. The van der Waals surface area contributed by atoms with Crippen LogP contribution in [0.25, 0.3) is 0 Å². The number of aromatic amines is 1. The lowest BCUT2D eigenvalue weighted by molar-refractivity contribution is -0.114. The highest BCUT2D eigenvalue weighted by Crippen LogP contribution is 2.09. The molecule has 0 fully saturated rings. The minimum Gasteiger partial charge on any atom is -0.477 e. The third kappa shape index (κ3) is 1.60. The Balaban J connectivity index is 2.91. The van der Waals surface area contributed by atoms with Gasteiger partial charge in [0.05, 0.1) is 6.20 Å². The van der Waals surface area contributed by atoms with Crippen molar-refractivity contribution in [3.63, 3.8) is 0 Å². The maximum Gasteiger partial charge on any atom is 0.341 e. The molecule has 1 heterocycles. The highest BCUT2D eigenvalue weighted by atomic mass is 16.4. The number of hydrogen-bond acceptors (Lipinski definition) is 3. The van der Waals surface area contributed by atoms with Gasteiger partial charge < -0.3 is 10.4 Å². The summed E-state index contributed by atoms with van der Waals surface area (Å²) >= 11 is 0. The van der Waals surface area contributed by atoms with Crippen molar-refractivity contribution in [3.8, 4) is 0 Å². The minimum absolute atomic E-state index is 0.0507. The van der Waals surface area contributed by atoms with E-state index in [4.69, 9.17) is 5.11 Å². The molecule has 0 saturated carbocycles. The molecule has 1 aromatic heterocycles. The number of anilines is 1. The Morgan fingerprint density at radius 1 is 1.67 bits per heavy atom. The van der Waals surface area contributed by atoms with Crippen molar-refractivity contribution >= 4 is 17.7 Å². The molecule has 0 spiro atoms. The number of aromatic nitrogens is 2. The summed E-state index contributed by atoms with van der Waals surface area (Å²) in [7, 11) is 0. The van der Waals surface area contributed by atoms with Crippen LogP contribution in [0.15, 0.2) is 6.20 Å². The van der Waals surface area contributed by atoms with Crippen molar-refractivity contribution in [1.29, 1.82) is 0 Å². The first-order valence-electron chi connectivity index (χ1n) is 3.15. The summed E-state index contributed by atoms with van der Waals surface area (Å²) in [5, 5.41) is 16.7. The van der Waals surface area contributed by atoms with Gasteiger partial charge in [0.15, 0.2) is 0 Å². The van der Waals surface area contributed by atoms with Gasteiger partial charge in [-0.1, -0.05) is 0 Å². The van der Waals surface area contributed by atoms with Crippen LogP contribution in [0, 0.1) is 0 Å². The SMILES string of the molecule is CC(=O)Nc1[nH]ncc1C(=O)O. The largest absolute Gasteiger partial charge is 0.477 e. The standard InChI is InChI=1S/C6H7N3O3/c1-3(10)8-5-4(6(11)12)2-7-9-5/h2H,1H3,(H,11,12)(H2,7,8,9,10). The fourth-order valence-electron chi connectivity index (χ4n) is 0.720. The number of H-pyrrole nitrogens is 1. The van der Waals surface area contributed by atoms with Crippen LogP contribution in [0.3, 0.4) is 0 Å². The average molecular weight is 169 g/mol. The molecule has 6 nitrogen and oxygen atoms in total.